The van der Waals surface area contributed by atoms with Crippen LogP contribution >= 0.6 is 0 Å². The molecule has 4 saturated heterocycles. The van der Waals surface area contributed by atoms with Gasteiger partial charge in [-0.2, -0.15) is 0 Å². The number of nitrogens with two attached hydrogens (primary N) is 1. The zero-order valence-corrected chi connectivity index (χ0v) is 70.4. The van der Waals surface area contributed by atoms with Crippen LogP contribution in [0.3, 0.4) is 0 Å². The fourth-order valence-electron chi connectivity index (χ4n) is 15.5. The molecule has 8 N–H and O–H groups in total. The molecule has 1 aliphatic carbocycles. The van der Waals surface area contributed by atoms with Gasteiger partial charge in [0.25, 0.3) is 11.8 Å². The Hall–Kier alpha value is -12.0. The third-order valence-electron chi connectivity index (χ3n) is 21.9. The Morgan fingerprint density at radius 3 is 1.53 bits per heavy atom. The minimum absolute atomic E-state index is 0.0763. The molecule has 632 valence electrons. The van der Waals surface area contributed by atoms with Gasteiger partial charge in [0.05, 0.1) is 71.4 Å². The number of pyridine rings is 1. The topological polar surface area (TPSA) is 440 Å². The van der Waals surface area contributed by atoms with Crippen LogP contribution in [0.1, 0.15) is 127 Å². The molecule has 4 aromatic carbocycles. The monoisotopic (exact) mass is 1650 g/mol. The molecule has 5 aliphatic heterocycles. The molecule has 6 aliphatic rings. The number of rotatable bonds is 13. The molecule has 5 aromatic rings. The second-order valence-corrected chi connectivity index (χ2v) is 33.7. The van der Waals surface area contributed by atoms with Gasteiger partial charge in [0.15, 0.2) is 11.3 Å². The summed E-state index contributed by atoms with van der Waals surface area (Å²) in [6, 6.07) is 13.1. The number of amides is 10. The van der Waals surface area contributed by atoms with E-state index in [1.54, 1.807) is 87.6 Å². The van der Waals surface area contributed by atoms with Crippen LogP contribution in [-0.2, 0) is 67.4 Å². The number of cyclic esters (lactones) is 2. The van der Waals surface area contributed by atoms with Crippen molar-refractivity contribution in [2.75, 3.05) is 83.5 Å². The maximum Gasteiger partial charge on any atom is 0.329 e. The van der Waals surface area contributed by atoms with Crippen molar-refractivity contribution in [3.8, 4) is 17.2 Å². The number of carbonyl (C=O) groups is 12. The van der Waals surface area contributed by atoms with Crippen molar-refractivity contribution >= 4 is 137 Å². The SMILES string of the molecule is COc1cc(NS(C)(=O)=O)ccc1Nc1c2ccccc2nc2ccccc12.Cc1c2oc3c(C)ccc(C(=O)N[C@@H]4C(=O)N[C@H](C(C)C)C(=O)N5CCC[C@H]5C(=O)N(C)CC(=O)N(C)[C@@H](C(C)C)C(=O)O[C@@H]4C)c3nc-2c(C(=O)N[C@@H]2C(=O)N[C@H](C(C)C)C(=O)N3CCC[C@H]3C(=O)N(C)CC(=O)N(C)[C@@H](C(C)C)C(=O)O[C@@H]2C)c(N)c1=O. The fourth-order valence-corrected chi connectivity index (χ4v) is 16.0. The predicted octanol–water partition coefficient (Wildman–Crippen LogP) is 5.24. The number of hydrogen-bond donors (Lipinski definition) is 7. The molecule has 0 unspecified atom stereocenters. The van der Waals surface area contributed by atoms with Crippen LogP contribution < -0.4 is 47.2 Å². The van der Waals surface area contributed by atoms with Crippen LogP contribution in [0, 0.1) is 37.5 Å². The highest BCUT2D eigenvalue weighted by atomic mass is 32.2. The van der Waals surface area contributed by atoms with E-state index in [-0.39, 0.29) is 53.9 Å². The average molecular weight is 1650 g/mol. The van der Waals surface area contributed by atoms with E-state index >= 15 is 9.59 Å². The molecule has 6 heterocycles. The Bertz CT molecular complexity index is 5230. The van der Waals surface area contributed by atoms with Gasteiger partial charge < -0.3 is 80.3 Å². The lowest BCUT2D eigenvalue weighted by Gasteiger charge is -2.36. The van der Waals surface area contributed by atoms with E-state index in [1.165, 1.54) is 80.7 Å². The molecular weight excluding hydrogens is 1540 g/mol. The van der Waals surface area contributed by atoms with Crippen molar-refractivity contribution in [1.29, 1.82) is 0 Å². The van der Waals surface area contributed by atoms with Crippen molar-refractivity contribution in [2.24, 2.45) is 23.7 Å². The van der Waals surface area contributed by atoms with E-state index < -0.39 is 201 Å². The molecule has 0 spiro atoms. The van der Waals surface area contributed by atoms with E-state index in [4.69, 9.17) is 34.3 Å². The lowest BCUT2D eigenvalue weighted by atomic mass is 9.98. The van der Waals surface area contributed by atoms with Crippen LogP contribution in [-0.4, -0.2) is 247 Å². The highest BCUT2D eigenvalue weighted by molar-refractivity contribution is 7.92. The molecule has 10 atom stereocenters. The summed E-state index contributed by atoms with van der Waals surface area (Å²) >= 11 is 0. The van der Waals surface area contributed by atoms with Crippen molar-refractivity contribution < 1.29 is 84.6 Å². The summed E-state index contributed by atoms with van der Waals surface area (Å²) in [5.74, 6) is -11.8. The summed E-state index contributed by atoms with van der Waals surface area (Å²) < 4.78 is 49.2. The number of nitrogens with zero attached hydrogens (tertiary/aromatic N) is 8. The van der Waals surface area contributed by atoms with Gasteiger partial charge in [-0.05, 0) is 113 Å². The Balaban J connectivity index is 0.000000436. The van der Waals surface area contributed by atoms with Crippen LogP contribution in [0.5, 0.6) is 5.75 Å². The fraction of sp³-hybridized carbons (Fsp3) is 0.482. The number of likely N-dealkylation sites (N-methyl/N-ethyl adjacent to an activating group) is 4. The van der Waals surface area contributed by atoms with Gasteiger partial charge in [0, 0.05) is 63.7 Å². The van der Waals surface area contributed by atoms with Crippen molar-refractivity contribution in [2.45, 2.75) is 169 Å². The number of methoxy groups -OCH3 is 1. The number of aromatic nitrogens is 2. The molecule has 0 radical (unpaired) electrons. The van der Waals surface area contributed by atoms with Crippen molar-refractivity contribution in [3.63, 3.8) is 0 Å². The first-order valence-corrected chi connectivity index (χ1v) is 41.1. The van der Waals surface area contributed by atoms with Gasteiger partial charge in [-0.15, -0.1) is 0 Å². The Morgan fingerprint density at radius 2 is 1.08 bits per heavy atom. The highest BCUT2D eigenvalue weighted by Gasteiger charge is 2.47. The number of hydrogen-bond acceptors (Lipinski definition) is 23. The summed E-state index contributed by atoms with van der Waals surface area (Å²) in [7, 11) is 3.77. The number of para-hydroxylation sites is 2. The molecular formula is C83H105N15O19S. The summed E-state index contributed by atoms with van der Waals surface area (Å²) in [4.78, 5) is 204. The number of benzene rings is 5. The molecule has 1 aromatic heterocycles. The zero-order valence-electron chi connectivity index (χ0n) is 69.6. The van der Waals surface area contributed by atoms with Gasteiger partial charge in [0.1, 0.15) is 77.5 Å². The number of esters is 2. The molecule has 10 amide bonds. The molecule has 35 heteroatoms. The van der Waals surface area contributed by atoms with E-state index in [0.717, 1.165) is 49.2 Å². The number of anilines is 4. The lowest BCUT2D eigenvalue weighted by molar-refractivity contribution is -0.163. The van der Waals surface area contributed by atoms with Crippen LogP contribution in [0.4, 0.5) is 22.7 Å². The molecule has 0 saturated carbocycles. The number of sulfonamides is 1. The third kappa shape index (κ3) is 18.7. The minimum Gasteiger partial charge on any atom is -0.494 e. The molecule has 118 heavy (non-hydrogen) atoms. The highest BCUT2D eigenvalue weighted by Crippen LogP contribution is 2.39. The van der Waals surface area contributed by atoms with Gasteiger partial charge in [-0.3, -0.25) is 57.5 Å². The smallest absolute Gasteiger partial charge is 0.329 e. The normalized spacial score (nSPS) is 22.7. The average Bonchev–Trinajstić information content (AvgIpc) is 0.893. The number of nitrogens with one attached hydrogen (secondary N) is 6. The lowest BCUT2D eigenvalue weighted by Crippen LogP contribution is -2.61. The Morgan fingerprint density at radius 1 is 0.610 bits per heavy atom. The van der Waals surface area contributed by atoms with Crippen molar-refractivity contribution in [1.82, 2.24) is 60.6 Å². The molecule has 4 fully saturated rings. The first kappa shape index (κ1) is 88.3. The number of fused-ring (bicyclic) bond motifs is 6. The van der Waals surface area contributed by atoms with Crippen LogP contribution in [0.2, 0.25) is 0 Å². The van der Waals surface area contributed by atoms with Gasteiger partial charge >= 0.3 is 11.9 Å². The van der Waals surface area contributed by atoms with Gasteiger partial charge in [-0.1, -0.05) is 97.9 Å². The second-order valence-electron chi connectivity index (χ2n) is 32.0. The molecule has 0 bridgehead atoms. The molecule has 11 rings (SSSR count). The van der Waals surface area contributed by atoms with Crippen molar-refractivity contribution in [3.05, 3.63) is 111 Å². The van der Waals surface area contributed by atoms with E-state index in [2.05, 4.69) is 31.3 Å². The minimum atomic E-state index is -3.37. The van der Waals surface area contributed by atoms with E-state index in [1.807, 2.05) is 48.5 Å². The van der Waals surface area contributed by atoms with Gasteiger partial charge in [0.2, 0.25) is 62.7 Å². The molecule has 34 nitrogen and oxygen atoms in total. The zero-order chi connectivity index (χ0) is 86.7. The number of nitrogen functional groups attached to an aromatic ring is 1. The van der Waals surface area contributed by atoms with Gasteiger partial charge in [-0.25, -0.2) is 28.0 Å². The standard InChI is InChI=1S/C62H86N12O16.C21H19N3O3S/c1-27(2)42-59(84)73-23-17-19-36(73)57(82)69(13)25-38(75)71(15)48(29(5)6)61(86)88-33(11)44(55(80)65-42)67-53(78)35-22-21-31(9)51-46(35)64-47-40(41(63)50(77)32(10)52(47)90-51)54(79)68-45-34(12)89-62(87)49(30(7)8)72(16)39(76)26-70(14)58(83)37-20-18-24-74(37)60(85)43(28(3)4)66-56(45)81;1-27-20-13-14(24-28(2,25)26)11-12-19(20)23-21-15-7-3-5-9-17(15)22-18-10-6-4-8-16(18)21/h21-22,27-30,33-34,36-37,42-45,48-49H,17-20,23-26,63H2,1-16H3,(H,65,80)(H,66,81)(H,67,78)(H,68,79);3-13,24H,1-2H3,(H,22,23)/t33-,34-,36+,37+,42-,43-,44+,45+,48+,49+;/m1./s1. The second kappa shape index (κ2) is 36.2. The summed E-state index contributed by atoms with van der Waals surface area (Å²) in [5, 5.41) is 16.1. The Labute approximate surface area is 683 Å². The quantitative estimate of drug-likeness (QED) is 0.0441. The first-order chi connectivity index (χ1) is 55.5. The van der Waals surface area contributed by atoms with Crippen LogP contribution in [0.15, 0.2) is 88.1 Å². The van der Waals surface area contributed by atoms with E-state index in [0.29, 0.717) is 29.8 Å². The largest absolute Gasteiger partial charge is 0.494 e. The predicted molar refractivity (Wildman–Crippen MR) is 439 cm³/mol. The van der Waals surface area contributed by atoms with E-state index in [9.17, 15) is 61.2 Å². The third-order valence-corrected chi connectivity index (χ3v) is 22.5. The number of carbonyl (C=O) groups excluding carboxylic acids is 12. The maximum absolute atomic E-state index is 15.2. The van der Waals surface area contributed by atoms with Crippen LogP contribution in [0.25, 0.3) is 44.4 Å². The maximum atomic E-state index is 15.2. The summed E-state index contributed by atoms with van der Waals surface area (Å²) in [5.41, 5.74) is 7.43. The Kier molecular flexibility index (Phi) is 27.1. The number of ether oxygens (including phenoxy) is 3. The number of aryl methyl sites for hydroxylation is 1. The summed E-state index contributed by atoms with van der Waals surface area (Å²) in [6.45, 7) is 18.4. The summed E-state index contributed by atoms with van der Waals surface area (Å²) in [6.07, 6.45) is -0.539. The first-order valence-electron chi connectivity index (χ1n) is 39.2.